The van der Waals surface area contributed by atoms with Crippen molar-refractivity contribution < 1.29 is 5.11 Å². The second-order valence-corrected chi connectivity index (χ2v) is 4.01. The molecular weight excluding hydrogens is 188 g/mol. The molecule has 0 saturated carbocycles. The first kappa shape index (κ1) is 10.5. The second kappa shape index (κ2) is 4.21. The van der Waals surface area contributed by atoms with Gasteiger partial charge in [0.1, 0.15) is 0 Å². The van der Waals surface area contributed by atoms with Crippen LogP contribution < -0.4 is 10.6 Å². The van der Waals surface area contributed by atoms with Gasteiger partial charge in [-0.25, -0.2) is 0 Å². The van der Waals surface area contributed by atoms with E-state index in [9.17, 15) is 0 Å². The van der Waals surface area contributed by atoms with E-state index >= 15 is 0 Å². The summed E-state index contributed by atoms with van der Waals surface area (Å²) in [6, 6.07) is 6.03. The molecule has 0 amide bonds. The molecule has 0 unspecified atom stereocenters. The molecule has 0 spiro atoms. The summed E-state index contributed by atoms with van der Waals surface area (Å²) in [4.78, 5) is 2.36. The van der Waals surface area contributed by atoms with E-state index in [1.807, 2.05) is 6.07 Å². The summed E-state index contributed by atoms with van der Waals surface area (Å²) in [6.07, 6.45) is 1.09. The molecule has 82 valence electrons. The number of nitrogens with zero attached hydrogens (tertiary/aromatic N) is 1. The molecule has 3 N–H and O–H groups in total. The van der Waals surface area contributed by atoms with Crippen LogP contribution in [0.25, 0.3) is 0 Å². The lowest BCUT2D eigenvalue weighted by Gasteiger charge is -2.17. The number of rotatable bonds is 3. The van der Waals surface area contributed by atoms with Gasteiger partial charge in [-0.3, -0.25) is 0 Å². The van der Waals surface area contributed by atoms with Gasteiger partial charge in [-0.15, -0.1) is 0 Å². The van der Waals surface area contributed by atoms with E-state index in [1.54, 1.807) is 0 Å². The maximum Gasteiger partial charge on any atom is 0.0624 e. The highest BCUT2D eigenvalue weighted by atomic mass is 16.3. The van der Waals surface area contributed by atoms with E-state index in [0.29, 0.717) is 0 Å². The quantitative estimate of drug-likeness (QED) is 0.777. The van der Waals surface area contributed by atoms with Crippen LogP contribution in [0.1, 0.15) is 24.1 Å². The number of hydrogen-bond acceptors (Lipinski definition) is 3. The van der Waals surface area contributed by atoms with E-state index in [2.05, 4.69) is 24.0 Å². The van der Waals surface area contributed by atoms with Crippen molar-refractivity contribution in [3.8, 4) is 0 Å². The molecule has 15 heavy (non-hydrogen) atoms. The fourth-order valence-electron chi connectivity index (χ4n) is 2.15. The average Bonchev–Trinajstić information content (AvgIpc) is 2.69. The van der Waals surface area contributed by atoms with Crippen LogP contribution in [-0.4, -0.2) is 24.8 Å². The molecule has 0 saturated heterocycles. The van der Waals surface area contributed by atoms with Crippen molar-refractivity contribution in [1.82, 2.24) is 0 Å². The number of nitrogens with two attached hydrogens (primary N) is 1. The summed E-state index contributed by atoms with van der Waals surface area (Å²) in [7, 11) is 0. The SMILES string of the molecule is CCN1CCc2cc([C@@H](N)CO)ccc21. The Morgan fingerprint density at radius 1 is 1.53 bits per heavy atom. The van der Waals surface area contributed by atoms with Gasteiger partial charge in [-0.2, -0.15) is 0 Å². The normalized spacial score (nSPS) is 16.6. The van der Waals surface area contributed by atoms with Crippen molar-refractivity contribution in [3.05, 3.63) is 29.3 Å². The van der Waals surface area contributed by atoms with Crippen LogP contribution in [0.4, 0.5) is 5.69 Å². The van der Waals surface area contributed by atoms with Crippen LogP contribution in [0.5, 0.6) is 0 Å². The molecule has 1 aliphatic heterocycles. The van der Waals surface area contributed by atoms with Crippen LogP contribution in [0.2, 0.25) is 0 Å². The molecular formula is C12H18N2O. The molecule has 1 atom stereocenters. The van der Waals surface area contributed by atoms with Crippen molar-refractivity contribution in [2.45, 2.75) is 19.4 Å². The zero-order valence-corrected chi connectivity index (χ0v) is 9.11. The largest absolute Gasteiger partial charge is 0.394 e. The third-order valence-electron chi connectivity index (χ3n) is 3.10. The van der Waals surface area contributed by atoms with Crippen LogP contribution in [0.3, 0.4) is 0 Å². The average molecular weight is 206 g/mol. The topological polar surface area (TPSA) is 49.5 Å². The summed E-state index contributed by atoms with van der Waals surface area (Å²) < 4.78 is 0. The third-order valence-corrected chi connectivity index (χ3v) is 3.10. The highest BCUT2D eigenvalue weighted by molar-refractivity contribution is 5.59. The van der Waals surface area contributed by atoms with Gasteiger partial charge in [0, 0.05) is 18.8 Å². The first-order chi connectivity index (χ1) is 7.26. The summed E-state index contributed by atoms with van der Waals surface area (Å²) in [5.74, 6) is 0. The maximum atomic E-state index is 9.00. The molecule has 0 fully saturated rings. The number of fused-ring (bicyclic) bond motifs is 1. The van der Waals surface area contributed by atoms with Gasteiger partial charge in [-0.05, 0) is 30.5 Å². The van der Waals surface area contributed by atoms with E-state index in [1.165, 1.54) is 11.3 Å². The zero-order valence-electron chi connectivity index (χ0n) is 9.11. The summed E-state index contributed by atoms with van der Waals surface area (Å²) in [6.45, 7) is 4.33. The Morgan fingerprint density at radius 3 is 3.00 bits per heavy atom. The van der Waals surface area contributed by atoms with E-state index in [-0.39, 0.29) is 12.6 Å². The molecule has 2 rings (SSSR count). The Kier molecular flexibility index (Phi) is 2.93. The highest BCUT2D eigenvalue weighted by Gasteiger charge is 2.18. The summed E-state index contributed by atoms with van der Waals surface area (Å²) >= 11 is 0. The minimum atomic E-state index is -0.244. The first-order valence-corrected chi connectivity index (χ1v) is 5.50. The van der Waals surface area contributed by atoms with Gasteiger partial charge in [0.15, 0.2) is 0 Å². The Hall–Kier alpha value is -1.06. The van der Waals surface area contributed by atoms with Gasteiger partial charge < -0.3 is 15.7 Å². The zero-order chi connectivity index (χ0) is 10.8. The van der Waals surface area contributed by atoms with Gasteiger partial charge in [0.2, 0.25) is 0 Å². The lowest BCUT2D eigenvalue weighted by atomic mass is 10.0. The highest BCUT2D eigenvalue weighted by Crippen LogP contribution is 2.29. The molecule has 1 aromatic rings. The smallest absolute Gasteiger partial charge is 0.0624 e. The van der Waals surface area contributed by atoms with E-state index in [4.69, 9.17) is 10.8 Å². The summed E-state index contributed by atoms with van der Waals surface area (Å²) in [5, 5.41) is 9.00. The molecule has 0 aromatic heterocycles. The van der Waals surface area contributed by atoms with E-state index < -0.39 is 0 Å². The van der Waals surface area contributed by atoms with E-state index in [0.717, 1.165) is 25.1 Å². The fourth-order valence-corrected chi connectivity index (χ4v) is 2.15. The number of aliphatic hydroxyl groups is 1. The molecule has 3 nitrogen and oxygen atoms in total. The van der Waals surface area contributed by atoms with Crippen LogP contribution >= 0.6 is 0 Å². The summed E-state index contributed by atoms with van der Waals surface area (Å²) in [5.41, 5.74) is 9.51. The lowest BCUT2D eigenvalue weighted by Crippen LogP contribution is -2.19. The Morgan fingerprint density at radius 2 is 2.33 bits per heavy atom. The second-order valence-electron chi connectivity index (χ2n) is 4.01. The van der Waals surface area contributed by atoms with Crippen molar-refractivity contribution >= 4 is 5.69 Å². The lowest BCUT2D eigenvalue weighted by molar-refractivity contribution is 0.268. The molecule has 3 heteroatoms. The number of anilines is 1. The van der Waals surface area contributed by atoms with Gasteiger partial charge in [0.25, 0.3) is 0 Å². The Labute approximate surface area is 90.5 Å². The van der Waals surface area contributed by atoms with Crippen LogP contribution in [0.15, 0.2) is 18.2 Å². The molecule has 0 aliphatic carbocycles. The third kappa shape index (κ3) is 1.85. The maximum absolute atomic E-state index is 9.00. The minimum absolute atomic E-state index is 0.0102. The van der Waals surface area contributed by atoms with Gasteiger partial charge in [0.05, 0.1) is 12.6 Å². The van der Waals surface area contributed by atoms with Gasteiger partial charge >= 0.3 is 0 Å². The molecule has 1 aliphatic rings. The van der Waals surface area contributed by atoms with Crippen LogP contribution in [-0.2, 0) is 6.42 Å². The molecule has 1 aromatic carbocycles. The van der Waals surface area contributed by atoms with Crippen molar-refractivity contribution in [2.24, 2.45) is 5.73 Å². The number of hydrogen-bond donors (Lipinski definition) is 2. The van der Waals surface area contributed by atoms with Crippen molar-refractivity contribution in [1.29, 1.82) is 0 Å². The van der Waals surface area contributed by atoms with Crippen molar-refractivity contribution in [2.75, 3.05) is 24.6 Å². The minimum Gasteiger partial charge on any atom is -0.394 e. The number of aliphatic hydroxyl groups excluding tert-OH is 1. The molecule has 0 bridgehead atoms. The number of benzene rings is 1. The standard InChI is InChI=1S/C12H18N2O/c1-2-14-6-5-10-7-9(11(13)8-15)3-4-12(10)14/h3-4,7,11,15H,2,5-6,8,13H2,1H3/t11-/m0/s1. The Bertz CT molecular complexity index is 351. The Balaban J connectivity index is 2.29. The van der Waals surface area contributed by atoms with Crippen molar-refractivity contribution in [3.63, 3.8) is 0 Å². The first-order valence-electron chi connectivity index (χ1n) is 5.50. The molecule has 0 radical (unpaired) electrons. The molecule has 1 heterocycles. The monoisotopic (exact) mass is 206 g/mol. The van der Waals surface area contributed by atoms with Gasteiger partial charge in [-0.1, -0.05) is 12.1 Å². The predicted octanol–water partition coefficient (Wildman–Crippen LogP) is 1.06. The van der Waals surface area contributed by atoms with Crippen LogP contribution in [0, 0.1) is 0 Å². The number of likely N-dealkylation sites (N-methyl/N-ethyl adjacent to an activating group) is 1. The predicted molar refractivity (Wildman–Crippen MR) is 62.0 cm³/mol. The fraction of sp³-hybridized carbons (Fsp3) is 0.500.